The van der Waals surface area contributed by atoms with Crippen LogP contribution in [0.4, 0.5) is 0 Å². The summed E-state index contributed by atoms with van der Waals surface area (Å²) in [6.45, 7) is 0.331. The summed E-state index contributed by atoms with van der Waals surface area (Å²) in [5.41, 5.74) is 6.94. The minimum Gasteiger partial charge on any atom is -0.480 e. The number of rotatable bonds is 10. The highest BCUT2D eigenvalue weighted by molar-refractivity contribution is 5.88. The quantitative estimate of drug-likeness (QED) is 0.226. The predicted molar refractivity (Wildman–Crippen MR) is 70.0 cm³/mol. The number of carboxylic acids is 2. The summed E-state index contributed by atoms with van der Waals surface area (Å²) in [6, 6.07) is -3.45. The third-order valence-electron chi connectivity index (χ3n) is 2.51. The van der Waals surface area contributed by atoms with Gasteiger partial charge < -0.3 is 26.2 Å². The van der Waals surface area contributed by atoms with Crippen LogP contribution in [0.25, 0.3) is 0 Å². The molecule has 22 heavy (non-hydrogen) atoms. The summed E-state index contributed by atoms with van der Waals surface area (Å²) >= 11 is 0. The molecule has 0 radical (unpaired) electrons. The van der Waals surface area contributed by atoms with Gasteiger partial charge in [-0.1, -0.05) is 0 Å². The maximum Gasteiger partial charge on any atom is 0.328 e. The number of nitrogens with two attached hydrogens (primary N) is 1. The molecule has 0 spiro atoms. The third kappa shape index (κ3) is 6.47. The van der Waals surface area contributed by atoms with Crippen molar-refractivity contribution in [2.45, 2.75) is 38.0 Å². The van der Waals surface area contributed by atoms with Crippen LogP contribution < -0.4 is 11.2 Å². The zero-order chi connectivity index (χ0) is 17.4. The first-order chi connectivity index (χ1) is 10.1. The molecule has 0 bridgehead atoms. The number of aliphatic hydroxyl groups excluding tert-OH is 2. The first-order valence-corrected chi connectivity index (χ1v) is 6.21. The standard InChI is InChI=1S/C11H19N3O8/c1-5(16)2-9(18)14(13-6(4-15)10(19)20)7(11(21)22)3-8(12)17/h5-7,13,15-16H,2-4H2,1H3,(H2,12,17)(H,19,20)(H,21,22)/t5?,6-,7-/m0/s1. The second-order valence-corrected chi connectivity index (χ2v) is 4.54. The van der Waals surface area contributed by atoms with E-state index in [0.29, 0.717) is 5.01 Å². The van der Waals surface area contributed by atoms with Crippen molar-refractivity contribution in [1.29, 1.82) is 0 Å². The van der Waals surface area contributed by atoms with E-state index in [1.54, 1.807) is 0 Å². The molecule has 0 saturated heterocycles. The minimum atomic E-state index is -1.78. The highest BCUT2D eigenvalue weighted by Gasteiger charge is 2.34. The van der Waals surface area contributed by atoms with Crippen molar-refractivity contribution >= 4 is 23.8 Å². The number of hydrazine groups is 1. The van der Waals surface area contributed by atoms with Gasteiger partial charge in [-0.2, -0.15) is 0 Å². The first kappa shape index (κ1) is 19.8. The Kier molecular flexibility index (Phi) is 8.01. The van der Waals surface area contributed by atoms with Crippen LogP contribution in [0.5, 0.6) is 0 Å². The van der Waals surface area contributed by atoms with E-state index in [9.17, 15) is 24.3 Å². The average molecular weight is 321 g/mol. The van der Waals surface area contributed by atoms with Crippen LogP contribution >= 0.6 is 0 Å². The molecule has 2 amide bonds. The maximum atomic E-state index is 12.0. The second kappa shape index (κ2) is 8.92. The molecular formula is C11H19N3O8. The summed E-state index contributed by atoms with van der Waals surface area (Å²) < 4.78 is 0. The fourth-order valence-corrected chi connectivity index (χ4v) is 1.51. The Morgan fingerprint density at radius 3 is 2.00 bits per heavy atom. The van der Waals surface area contributed by atoms with Crippen LogP contribution in [0.3, 0.4) is 0 Å². The molecule has 0 fully saturated rings. The van der Waals surface area contributed by atoms with Crippen molar-refractivity contribution in [2.75, 3.05) is 6.61 Å². The van der Waals surface area contributed by atoms with E-state index in [2.05, 4.69) is 0 Å². The van der Waals surface area contributed by atoms with E-state index in [4.69, 9.17) is 21.1 Å². The van der Waals surface area contributed by atoms with E-state index in [-0.39, 0.29) is 0 Å². The molecule has 3 atom stereocenters. The number of carboxylic acid groups (broad SMARTS) is 2. The van der Waals surface area contributed by atoms with E-state index in [1.807, 2.05) is 5.43 Å². The lowest BCUT2D eigenvalue weighted by molar-refractivity contribution is -0.159. The van der Waals surface area contributed by atoms with Gasteiger partial charge in [-0.15, -0.1) is 0 Å². The van der Waals surface area contributed by atoms with Crippen LogP contribution in [0.2, 0.25) is 0 Å². The first-order valence-electron chi connectivity index (χ1n) is 6.21. The van der Waals surface area contributed by atoms with Gasteiger partial charge in [0.1, 0.15) is 6.04 Å². The fourth-order valence-electron chi connectivity index (χ4n) is 1.51. The minimum absolute atomic E-state index is 0.384. The van der Waals surface area contributed by atoms with E-state index in [0.717, 1.165) is 0 Å². The number of nitrogens with one attached hydrogen (secondary N) is 1. The Morgan fingerprint density at radius 1 is 1.14 bits per heavy atom. The topological polar surface area (TPSA) is 190 Å². The number of hydrogen-bond acceptors (Lipinski definition) is 7. The van der Waals surface area contributed by atoms with Gasteiger partial charge in [-0.25, -0.2) is 10.2 Å². The van der Waals surface area contributed by atoms with Gasteiger partial charge in [0.05, 0.1) is 25.6 Å². The highest BCUT2D eigenvalue weighted by Crippen LogP contribution is 2.08. The Morgan fingerprint density at radius 2 is 1.68 bits per heavy atom. The highest BCUT2D eigenvalue weighted by atomic mass is 16.4. The van der Waals surface area contributed by atoms with Gasteiger partial charge >= 0.3 is 11.9 Å². The molecule has 0 aromatic heterocycles. The van der Waals surface area contributed by atoms with Gasteiger partial charge in [0, 0.05) is 0 Å². The molecule has 0 aliphatic rings. The van der Waals surface area contributed by atoms with E-state index in [1.165, 1.54) is 6.92 Å². The number of amides is 2. The number of nitrogens with zero attached hydrogens (tertiary/aromatic N) is 1. The lowest BCUT2D eigenvalue weighted by atomic mass is 10.1. The zero-order valence-electron chi connectivity index (χ0n) is 11.8. The Labute approximate surface area is 125 Å². The Bertz CT molecular complexity index is 439. The van der Waals surface area contributed by atoms with Gasteiger partial charge in [0.2, 0.25) is 11.8 Å². The smallest absolute Gasteiger partial charge is 0.328 e. The predicted octanol–water partition coefficient (Wildman–Crippen LogP) is -3.14. The van der Waals surface area contributed by atoms with Crippen LogP contribution in [-0.4, -0.2) is 74.0 Å². The Hall–Kier alpha value is -2.24. The van der Waals surface area contributed by atoms with Crippen LogP contribution in [0.1, 0.15) is 19.8 Å². The largest absolute Gasteiger partial charge is 0.480 e. The third-order valence-corrected chi connectivity index (χ3v) is 2.51. The van der Waals surface area contributed by atoms with Crippen molar-refractivity contribution in [3.63, 3.8) is 0 Å². The number of hydrogen-bond donors (Lipinski definition) is 6. The SMILES string of the molecule is CC(O)CC(=O)N(N[C@@H](CO)C(=O)O)[C@@H](CC(N)=O)C(=O)O. The van der Waals surface area contributed by atoms with Crippen molar-refractivity contribution < 1.29 is 39.6 Å². The molecule has 0 saturated carbocycles. The molecule has 0 aliphatic heterocycles. The second-order valence-electron chi connectivity index (χ2n) is 4.54. The molecule has 11 heteroatoms. The van der Waals surface area contributed by atoms with Crippen LogP contribution in [-0.2, 0) is 19.2 Å². The number of aliphatic hydroxyl groups is 2. The molecule has 7 N–H and O–H groups in total. The summed E-state index contributed by atoms with van der Waals surface area (Å²) in [5, 5.41) is 36.4. The number of primary amides is 1. The number of carbonyl (C=O) groups excluding carboxylic acids is 2. The molecule has 0 rings (SSSR count). The Balaban J connectivity index is 5.44. The lowest BCUT2D eigenvalue weighted by Gasteiger charge is -2.31. The molecule has 0 aromatic carbocycles. The van der Waals surface area contributed by atoms with Crippen molar-refractivity contribution in [2.24, 2.45) is 5.73 Å². The molecular weight excluding hydrogens is 302 g/mol. The van der Waals surface area contributed by atoms with Gasteiger partial charge in [-0.05, 0) is 6.92 Å². The van der Waals surface area contributed by atoms with Crippen molar-refractivity contribution in [3.05, 3.63) is 0 Å². The average Bonchev–Trinajstić information content (AvgIpc) is 2.35. The zero-order valence-corrected chi connectivity index (χ0v) is 11.8. The molecule has 0 aromatic rings. The van der Waals surface area contributed by atoms with Gasteiger partial charge in [-0.3, -0.25) is 19.4 Å². The van der Waals surface area contributed by atoms with Crippen molar-refractivity contribution in [1.82, 2.24) is 10.4 Å². The number of carbonyl (C=O) groups is 4. The van der Waals surface area contributed by atoms with Crippen molar-refractivity contribution in [3.8, 4) is 0 Å². The molecule has 1 unspecified atom stereocenters. The molecule has 0 aliphatic carbocycles. The maximum absolute atomic E-state index is 12.0. The monoisotopic (exact) mass is 321 g/mol. The van der Waals surface area contributed by atoms with E-state index < -0.39 is 61.4 Å². The summed E-state index contributed by atoms with van der Waals surface area (Å²) in [6.07, 6.45) is -2.42. The van der Waals surface area contributed by atoms with Crippen LogP contribution in [0, 0.1) is 0 Å². The van der Waals surface area contributed by atoms with Gasteiger partial charge in [0.15, 0.2) is 6.04 Å². The molecule has 11 nitrogen and oxygen atoms in total. The molecule has 0 heterocycles. The summed E-state index contributed by atoms with van der Waals surface area (Å²) in [5.74, 6) is -5.14. The molecule has 126 valence electrons. The fraction of sp³-hybridized carbons (Fsp3) is 0.636. The normalized spacial score (nSPS) is 14.7. The van der Waals surface area contributed by atoms with Crippen LogP contribution in [0.15, 0.2) is 0 Å². The lowest BCUT2D eigenvalue weighted by Crippen LogP contribution is -2.59. The summed E-state index contributed by atoms with van der Waals surface area (Å²) in [7, 11) is 0. The van der Waals surface area contributed by atoms with Gasteiger partial charge in [0.25, 0.3) is 0 Å². The summed E-state index contributed by atoms with van der Waals surface area (Å²) in [4.78, 5) is 45.0. The number of aliphatic carboxylic acids is 2. The van der Waals surface area contributed by atoms with E-state index >= 15 is 0 Å².